The predicted molar refractivity (Wildman–Crippen MR) is 105 cm³/mol. The molecule has 1 amide bonds. The predicted octanol–water partition coefficient (Wildman–Crippen LogP) is 5.65. The van der Waals surface area contributed by atoms with Gasteiger partial charge in [0.25, 0.3) is 5.91 Å². The van der Waals surface area contributed by atoms with Crippen molar-refractivity contribution in [1.29, 1.82) is 0 Å². The largest absolute Gasteiger partial charge is 0.493 e. The zero-order valence-corrected chi connectivity index (χ0v) is 15.8. The second-order valence-corrected chi connectivity index (χ2v) is 6.14. The van der Waals surface area contributed by atoms with E-state index in [-0.39, 0.29) is 17.1 Å². The molecule has 0 heterocycles. The maximum atomic E-state index is 12.4. The van der Waals surface area contributed by atoms with E-state index < -0.39 is 12.5 Å². The van der Waals surface area contributed by atoms with Crippen LogP contribution in [0.15, 0.2) is 66.7 Å². The summed E-state index contributed by atoms with van der Waals surface area (Å²) in [4.78, 5) is 12.4. The molecule has 0 bridgehead atoms. The van der Waals surface area contributed by atoms with Crippen LogP contribution in [0.5, 0.6) is 23.0 Å². The number of carbonyl (C=O) groups is 1. The number of carbonyl (C=O) groups excluding carboxylic acids is 1. The summed E-state index contributed by atoms with van der Waals surface area (Å²) in [5.74, 6) is 0.822. The average Bonchev–Trinajstić information content (AvgIpc) is 2.71. The number of hydrogen-bond acceptors (Lipinski definition) is 4. The van der Waals surface area contributed by atoms with E-state index >= 15 is 0 Å². The summed E-state index contributed by atoms with van der Waals surface area (Å²) in [6.07, 6.45) is 0. The molecule has 29 heavy (non-hydrogen) atoms. The van der Waals surface area contributed by atoms with Crippen molar-refractivity contribution < 1.29 is 27.8 Å². The van der Waals surface area contributed by atoms with E-state index in [1.54, 1.807) is 24.3 Å². The lowest BCUT2D eigenvalue weighted by molar-refractivity contribution is -0.0512. The number of aryl methyl sites for hydroxylation is 1. The standard InChI is InChI=1S/C22H19F2NO4/c1-14-3-8-17(9-4-14)28-18-10-6-16(7-11-18)25-21(26)15-5-12-19(29-22(23)24)20(13-15)27-2/h3-13,22H,1-2H3,(H,25,26). The highest BCUT2D eigenvalue weighted by Gasteiger charge is 2.14. The van der Waals surface area contributed by atoms with Gasteiger partial charge >= 0.3 is 6.61 Å². The Balaban J connectivity index is 1.66. The number of amides is 1. The Morgan fingerprint density at radius 3 is 2.10 bits per heavy atom. The molecule has 3 aromatic carbocycles. The normalized spacial score (nSPS) is 10.5. The van der Waals surface area contributed by atoms with Gasteiger partial charge in [0, 0.05) is 11.3 Å². The Kier molecular flexibility index (Phi) is 6.29. The summed E-state index contributed by atoms with van der Waals surface area (Å²) >= 11 is 0. The molecule has 0 aliphatic heterocycles. The first-order valence-electron chi connectivity index (χ1n) is 8.73. The third-order valence-corrected chi connectivity index (χ3v) is 4.01. The van der Waals surface area contributed by atoms with Crippen molar-refractivity contribution in [2.75, 3.05) is 12.4 Å². The Labute approximate surface area is 166 Å². The van der Waals surface area contributed by atoms with Gasteiger partial charge in [0.2, 0.25) is 0 Å². The number of benzene rings is 3. The van der Waals surface area contributed by atoms with Crippen LogP contribution in [0.2, 0.25) is 0 Å². The van der Waals surface area contributed by atoms with Crippen molar-refractivity contribution in [3.63, 3.8) is 0 Å². The van der Waals surface area contributed by atoms with E-state index in [1.807, 2.05) is 31.2 Å². The van der Waals surface area contributed by atoms with Crippen LogP contribution in [-0.2, 0) is 0 Å². The van der Waals surface area contributed by atoms with Crippen LogP contribution in [-0.4, -0.2) is 19.6 Å². The highest BCUT2D eigenvalue weighted by Crippen LogP contribution is 2.30. The molecule has 0 spiro atoms. The maximum absolute atomic E-state index is 12.4. The summed E-state index contributed by atoms with van der Waals surface area (Å²) < 4.78 is 39.9. The smallest absolute Gasteiger partial charge is 0.387 e. The topological polar surface area (TPSA) is 56.8 Å². The molecule has 0 fully saturated rings. The minimum absolute atomic E-state index is 0.0415. The molecule has 3 rings (SSSR count). The van der Waals surface area contributed by atoms with Gasteiger partial charge in [0.15, 0.2) is 11.5 Å². The Morgan fingerprint density at radius 2 is 1.52 bits per heavy atom. The van der Waals surface area contributed by atoms with Crippen LogP contribution in [0.4, 0.5) is 14.5 Å². The number of methoxy groups -OCH3 is 1. The van der Waals surface area contributed by atoms with E-state index in [9.17, 15) is 13.6 Å². The van der Waals surface area contributed by atoms with Gasteiger partial charge in [-0.05, 0) is 61.5 Å². The van der Waals surface area contributed by atoms with Crippen LogP contribution in [0, 0.1) is 6.92 Å². The molecule has 150 valence electrons. The molecule has 7 heteroatoms. The van der Waals surface area contributed by atoms with Gasteiger partial charge in [0.05, 0.1) is 7.11 Å². The van der Waals surface area contributed by atoms with Crippen molar-refractivity contribution in [3.05, 3.63) is 77.9 Å². The highest BCUT2D eigenvalue weighted by atomic mass is 19.3. The van der Waals surface area contributed by atoms with Crippen LogP contribution >= 0.6 is 0 Å². The number of halogens is 2. The molecule has 0 aliphatic carbocycles. The minimum atomic E-state index is -2.98. The average molecular weight is 399 g/mol. The Hall–Kier alpha value is -3.61. The number of rotatable bonds is 7. The maximum Gasteiger partial charge on any atom is 0.387 e. The molecule has 1 N–H and O–H groups in total. The van der Waals surface area contributed by atoms with Crippen molar-refractivity contribution in [2.24, 2.45) is 0 Å². The summed E-state index contributed by atoms with van der Waals surface area (Å²) in [7, 11) is 1.31. The van der Waals surface area contributed by atoms with Crippen LogP contribution in [0.3, 0.4) is 0 Å². The molecular weight excluding hydrogens is 380 g/mol. The number of hydrogen-bond donors (Lipinski definition) is 1. The summed E-state index contributed by atoms with van der Waals surface area (Å²) in [5, 5.41) is 2.73. The second kappa shape index (κ2) is 9.05. The van der Waals surface area contributed by atoms with Crippen molar-refractivity contribution in [2.45, 2.75) is 13.5 Å². The third-order valence-electron chi connectivity index (χ3n) is 4.01. The molecule has 0 aromatic heterocycles. The molecule has 0 atom stereocenters. The van der Waals surface area contributed by atoms with Gasteiger partial charge in [-0.2, -0.15) is 8.78 Å². The SMILES string of the molecule is COc1cc(C(=O)Nc2ccc(Oc3ccc(C)cc3)cc2)ccc1OC(F)F. The van der Waals surface area contributed by atoms with Gasteiger partial charge < -0.3 is 19.5 Å². The van der Waals surface area contributed by atoms with E-state index in [1.165, 1.54) is 25.3 Å². The van der Waals surface area contributed by atoms with Crippen molar-refractivity contribution >= 4 is 11.6 Å². The highest BCUT2D eigenvalue weighted by molar-refractivity contribution is 6.04. The summed E-state index contributed by atoms with van der Waals surface area (Å²) in [6.45, 7) is -0.986. The van der Waals surface area contributed by atoms with Crippen molar-refractivity contribution in [3.8, 4) is 23.0 Å². The first-order chi connectivity index (χ1) is 13.9. The Morgan fingerprint density at radius 1 is 0.897 bits per heavy atom. The third kappa shape index (κ3) is 5.44. The summed E-state index contributed by atoms with van der Waals surface area (Å²) in [6, 6.07) is 18.5. The first-order valence-corrected chi connectivity index (χ1v) is 8.73. The van der Waals surface area contributed by atoms with Crippen LogP contribution < -0.4 is 19.5 Å². The quantitative estimate of drug-likeness (QED) is 0.558. The fourth-order valence-corrected chi connectivity index (χ4v) is 2.55. The fraction of sp³-hybridized carbons (Fsp3) is 0.136. The Bertz CT molecular complexity index is 973. The number of alkyl halides is 2. The van der Waals surface area contributed by atoms with Gasteiger partial charge in [0.1, 0.15) is 11.5 Å². The van der Waals surface area contributed by atoms with Gasteiger partial charge in [-0.15, -0.1) is 0 Å². The minimum Gasteiger partial charge on any atom is -0.493 e. The van der Waals surface area contributed by atoms with Gasteiger partial charge in [-0.1, -0.05) is 17.7 Å². The monoisotopic (exact) mass is 399 g/mol. The van der Waals surface area contributed by atoms with Crippen LogP contribution in [0.1, 0.15) is 15.9 Å². The number of ether oxygens (including phenoxy) is 3. The van der Waals surface area contributed by atoms with E-state index in [2.05, 4.69) is 10.1 Å². The zero-order chi connectivity index (χ0) is 20.8. The fourth-order valence-electron chi connectivity index (χ4n) is 2.55. The molecular formula is C22H19F2NO4. The lowest BCUT2D eigenvalue weighted by atomic mass is 10.2. The molecule has 5 nitrogen and oxygen atoms in total. The van der Waals surface area contributed by atoms with E-state index in [4.69, 9.17) is 9.47 Å². The lowest BCUT2D eigenvalue weighted by Gasteiger charge is -2.12. The molecule has 0 saturated carbocycles. The van der Waals surface area contributed by atoms with Crippen LogP contribution in [0.25, 0.3) is 0 Å². The lowest BCUT2D eigenvalue weighted by Crippen LogP contribution is -2.12. The molecule has 0 aliphatic rings. The molecule has 0 unspecified atom stereocenters. The molecule has 3 aromatic rings. The van der Waals surface area contributed by atoms with Gasteiger partial charge in [-0.25, -0.2) is 0 Å². The van der Waals surface area contributed by atoms with E-state index in [0.29, 0.717) is 17.2 Å². The molecule has 0 radical (unpaired) electrons. The van der Waals surface area contributed by atoms with Crippen molar-refractivity contribution in [1.82, 2.24) is 0 Å². The summed E-state index contributed by atoms with van der Waals surface area (Å²) in [5.41, 5.74) is 1.93. The zero-order valence-electron chi connectivity index (χ0n) is 15.8. The first kappa shape index (κ1) is 20.1. The van der Waals surface area contributed by atoms with E-state index in [0.717, 1.165) is 5.56 Å². The number of anilines is 1. The molecule has 0 saturated heterocycles. The second-order valence-electron chi connectivity index (χ2n) is 6.14. The van der Waals surface area contributed by atoms with Gasteiger partial charge in [-0.3, -0.25) is 4.79 Å². The number of nitrogens with one attached hydrogen (secondary N) is 1.